The predicted octanol–water partition coefficient (Wildman–Crippen LogP) is 1.67. The van der Waals surface area contributed by atoms with Crippen molar-refractivity contribution in [2.75, 3.05) is 14.2 Å². The lowest BCUT2D eigenvalue weighted by Crippen LogP contribution is -2.09. The molecule has 84 valence electrons. The zero-order chi connectivity index (χ0) is 11.5. The lowest BCUT2D eigenvalue weighted by molar-refractivity contribution is 0.415. The van der Waals surface area contributed by atoms with Gasteiger partial charge in [0.15, 0.2) is 0 Å². The van der Waals surface area contributed by atoms with Gasteiger partial charge in [-0.3, -0.25) is 0 Å². The van der Waals surface area contributed by atoms with Gasteiger partial charge < -0.3 is 10.1 Å². The van der Waals surface area contributed by atoms with Gasteiger partial charge in [-0.25, -0.2) is 9.97 Å². The Labute approximate surface area is 94.7 Å². The van der Waals surface area contributed by atoms with Gasteiger partial charge in [-0.15, -0.1) is 0 Å². The van der Waals surface area contributed by atoms with Crippen molar-refractivity contribution in [1.29, 1.82) is 0 Å². The second kappa shape index (κ2) is 4.45. The Balaban J connectivity index is 2.65. The molecule has 0 saturated carbocycles. The monoisotopic (exact) mass is 217 g/mol. The van der Waals surface area contributed by atoms with Crippen LogP contribution in [0.5, 0.6) is 5.75 Å². The molecule has 0 aliphatic heterocycles. The molecule has 4 heteroatoms. The first kappa shape index (κ1) is 10.8. The molecule has 0 atom stereocenters. The van der Waals surface area contributed by atoms with Crippen LogP contribution in [-0.2, 0) is 6.54 Å². The highest BCUT2D eigenvalue weighted by Gasteiger charge is 2.06. The third kappa shape index (κ3) is 1.97. The molecular formula is C12H15N3O. The van der Waals surface area contributed by atoms with Gasteiger partial charge >= 0.3 is 0 Å². The molecule has 0 aliphatic carbocycles. The molecule has 1 heterocycles. The molecule has 1 aromatic heterocycles. The number of methoxy groups -OCH3 is 1. The summed E-state index contributed by atoms with van der Waals surface area (Å²) in [6, 6.07) is 5.85. The Kier molecular flexibility index (Phi) is 3.01. The summed E-state index contributed by atoms with van der Waals surface area (Å²) in [7, 11) is 3.57. The topological polar surface area (TPSA) is 47.0 Å². The Morgan fingerprint density at radius 2 is 2.12 bits per heavy atom. The number of rotatable bonds is 3. The summed E-state index contributed by atoms with van der Waals surface area (Å²) in [5.41, 5.74) is 1.96. The zero-order valence-electron chi connectivity index (χ0n) is 9.74. The quantitative estimate of drug-likeness (QED) is 0.849. The maximum absolute atomic E-state index is 5.21. The van der Waals surface area contributed by atoms with E-state index >= 15 is 0 Å². The minimum Gasteiger partial charge on any atom is -0.497 e. The van der Waals surface area contributed by atoms with Crippen molar-refractivity contribution in [3.63, 3.8) is 0 Å². The molecule has 1 N–H and O–H groups in total. The first-order valence-electron chi connectivity index (χ1n) is 5.20. The maximum atomic E-state index is 5.21. The van der Waals surface area contributed by atoms with Gasteiger partial charge in [0.1, 0.15) is 11.6 Å². The minimum absolute atomic E-state index is 0.729. The largest absolute Gasteiger partial charge is 0.497 e. The highest BCUT2D eigenvalue weighted by Crippen LogP contribution is 2.21. The maximum Gasteiger partial charge on any atom is 0.126 e. The van der Waals surface area contributed by atoms with Crippen molar-refractivity contribution in [3.8, 4) is 5.75 Å². The van der Waals surface area contributed by atoms with Gasteiger partial charge in [0.2, 0.25) is 0 Å². The van der Waals surface area contributed by atoms with Crippen LogP contribution in [0.3, 0.4) is 0 Å². The van der Waals surface area contributed by atoms with E-state index in [1.807, 2.05) is 32.2 Å². The molecule has 2 rings (SSSR count). The van der Waals surface area contributed by atoms with Crippen molar-refractivity contribution in [3.05, 3.63) is 29.7 Å². The number of aromatic nitrogens is 2. The highest BCUT2D eigenvalue weighted by molar-refractivity contribution is 5.82. The smallest absolute Gasteiger partial charge is 0.126 e. The first-order valence-corrected chi connectivity index (χ1v) is 5.20. The van der Waals surface area contributed by atoms with Crippen LogP contribution in [0.15, 0.2) is 18.2 Å². The van der Waals surface area contributed by atoms with Crippen LogP contribution in [0.4, 0.5) is 0 Å². The third-order valence-corrected chi connectivity index (χ3v) is 2.44. The molecule has 0 fully saturated rings. The van der Waals surface area contributed by atoms with E-state index in [4.69, 9.17) is 4.74 Å². The lowest BCUT2D eigenvalue weighted by Gasteiger charge is -2.07. The van der Waals surface area contributed by atoms with Gasteiger partial charge in [0.05, 0.1) is 18.3 Å². The van der Waals surface area contributed by atoms with Crippen molar-refractivity contribution in [2.45, 2.75) is 13.5 Å². The molecular weight excluding hydrogens is 202 g/mol. The molecule has 0 amide bonds. The Hall–Kier alpha value is -1.68. The molecule has 0 unspecified atom stereocenters. The Morgan fingerprint density at radius 1 is 1.31 bits per heavy atom. The fourth-order valence-corrected chi connectivity index (χ4v) is 1.73. The van der Waals surface area contributed by atoms with Gasteiger partial charge in [0.25, 0.3) is 0 Å². The van der Waals surface area contributed by atoms with Crippen LogP contribution in [0, 0.1) is 6.92 Å². The SMILES string of the molecule is CNCc1nc(C)nc2ccc(OC)cc12. The van der Waals surface area contributed by atoms with E-state index in [0.29, 0.717) is 0 Å². The number of benzene rings is 1. The second-order valence-electron chi connectivity index (χ2n) is 3.63. The Bertz CT molecular complexity index is 511. The van der Waals surface area contributed by atoms with E-state index in [2.05, 4.69) is 15.3 Å². The van der Waals surface area contributed by atoms with E-state index < -0.39 is 0 Å². The molecule has 4 nitrogen and oxygen atoms in total. The molecule has 1 aromatic carbocycles. The van der Waals surface area contributed by atoms with Crippen LogP contribution < -0.4 is 10.1 Å². The first-order chi connectivity index (χ1) is 7.74. The number of nitrogens with one attached hydrogen (secondary N) is 1. The van der Waals surface area contributed by atoms with Crippen LogP contribution in [0.1, 0.15) is 11.5 Å². The summed E-state index contributed by atoms with van der Waals surface area (Å²) in [4.78, 5) is 8.84. The van der Waals surface area contributed by atoms with Crippen molar-refractivity contribution < 1.29 is 4.74 Å². The van der Waals surface area contributed by atoms with E-state index in [1.54, 1.807) is 7.11 Å². The average Bonchev–Trinajstić information content (AvgIpc) is 2.29. The van der Waals surface area contributed by atoms with Gasteiger partial charge in [-0.05, 0) is 32.2 Å². The standard InChI is InChI=1S/C12H15N3O/c1-8-14-11-5-4-9(16-3)6-10(11)12(15-8)7-13-2/h4-6,13H,7H2,1-3H3. The summed E-state index contributed by atoms with van der Waals surface area (Å²) in [5.74, 6) is 1.63. The molecule has 0 spiro atoms. The van der Waals surface area contributed by atoms with Crippen LogP contribution in [-0.4, -0.2) is 24.1 Å². The summed E-state index contributed by atoms with van der Waals surface area (Å²) < 4.78 is 5.21. The minimum atomic E-state index is 0.729. The van der Waals surface area contributed by atoms with Gasteiger partial charge in [-0.2, -0.15) is 0 Å². The second-order valence-corrected chi connectivity index (χ2v) is 3.63. The van der Waals surface area contributed by atoms with E-state index in [-0.39, 0.29) is 0 Å². The van der Waals surface area contributed by atoms with Crippen LogP contribution in [0.25, 0.3) is 10.9 Å². The number of nitrogens with zero attached hydrogens (tertiary/aromatic N) is 2. The zero-order valence-corrected chi connectivity index (χ0v) is 9.74. The van der Waals surface area contributed by atoms with Gasteiger partial charge in [0, 0.05) is 11.9 Å². The van der Waals surface area contributed by atoms with Crippen LogP contribution in [0.2, 0.25) is 0 Å². The average molecular weight is 217 g/mol. The van der Waals surface area contributed by atoms with Crippen molar-refractivity contribution in [1.82, 2.24) is 15.3 Å². The summed E-state index contributed by atoms with van der Waals surface area (Å²) >= 11 is 0. The van der Waals surface area contributed by atoms with E-state index in [0.717, 1.165) is 34.7 Å². The third-order valence-electron chi connectivity index (χ3n) is 2.44. The van der Waals surface area contributed by atoms with E-state index in [1.165, 1.54) is 0 Å². The molecule has 16 heavy (non-hydrogen) atoms. The predicted molar refractivity (Wildman–Crippen MR) is 63.6 cm³/mol. The summed E-state index contributed by atoms with van der Waals surface area (Å²) in [5, 5.41) is 4.15. The molecule has 0 aliphatic rings. The highest BCUT2D eigenvalue weighted by atomic mass is 16.5. The number of hydrogen-bond acceptors (Lipinski definition) is 4. The lowest BCUT2D eigenvalue weighted by atomic mass is 10.1. The molecule has 2 aromatic rings. The summed E-state index contributed by atoms with van der Waals surface area (Å²) in [6.07, 6.45) is 0. The Morgan fingerprint density at radius 3 is 2.81 bits per heavy atom. The number of hydrogen-bond donors (Lipinski definition) is 1. The number of fused-ring (bicyclic) bond motifs is 1. The normalized spacial score (nSPS) is 10.7. The number of ether oxygens (including phenoxy) is 1. The van der Waals surface area contributed by atoms with E-state index in [9.17, 15) is 0 Å². The van der Waals surface area contributed by atoms with Crippen molar-refractivity contribution >= 4 is 10.9 Å². The van der Waals surface area contributed by atoms with Crippen molar-refractivity contribution in [2.24, 2.45) is 0 Å². The fourth-order valence-electron chi connectivity index (χ4n) is 1.73. The summed E-state index contributed by atoms with van der Waals surface area (Å²) in [6.45, 7) is 2.63. The van der Waals surface area contributed by atoms with Crippen LogP contribution >= 0.6 is 0 Å². The molecule has 0 saturated heterocycles. The van der Waals surface area contributed by atoms with Gasteiger partial charge in [-0.1, -0.05) is 0 Å². The molecule has 0 bridgehead atoms. The number of aryl methyl sites for hydroxylation is 1. The fraction of sp³-hybridized carbons (Fsp3) is 0.333. The molecule has 0 radical (unpaired) electrons.